The Labute approximate surface area is 70.2 Å². The van der Waals surface area contributed by atoms with E-state index in [9.17, 15) is 10.2 Å². The van der Waals surface area contributed by atoms with E-state index >= 15 is 0 Å². The number of hydrogen-bond acceptors (Lipinski definition) is 5. The highest BCUT2D eigenvalue weighted by atomic mass is 16.6. The molecular weight excluding hydrogens is 164 g/mol. The summed E-state index contributed by atoms with van der Waals surface area (Å²) in [7, 11) is 0. The van der Waals surface area contributed by atoms with Crippen molar-refractivity contribution >= 4 is 0 Å². The first-order valence-electron chi connectivity index (χ1n) is 3.76. The van der Waals surface area contributed by atoms with E-state index in [0.29, 0.717) is 0 Å². The van der Waals surface area contributed by atoms with Gasteiger partial charge in [-0.05, 0) is 13.8 Å². The second-order valence-corrected chi connectivity index (χ2v) is 3.58. The fraction of sp³-hybridized carbons (Fsp3) is 1.00. The van der Waals surface area contributed by atoms with Crippen molar-refractivity contribution in [3.63, 3.8) is 0 Å². The first-order chi connectivity index (χ1) is 5.34. The average Bonchev–Trinajstić information content (AvgIpc) is 2.15. The quantitative estimate of drug-likeness (QED) is 0.380. The van der Waals surface area contributed by atoms with Crippen LogP contribution in [0, 0.1) is 0 Å². The molecule has 0 spiro atoms. The maximum atomic E-state index is 9.42. The Kier molecular flexibility index (Phi) is 2.42. The molecule has 0 aromatic carbocycles. The fourth-order valence-electron chi connectivity index (χ4n) is 1.24. The molecule has 5 heteroatoms. The summed E-state index contributed by atoms with van der Waals surface area (Å²) >= 11 is 0. The molecule has 5 nitrogen and oxygen atoms in total. The first-order valence-corrected chi connectivity index (χ1v) is 3.76. The molecule has 0 aliphatic carbocycles. The predicted molar refractivity (Wildman–Crippen MR) is 39.2 cm³/mol. The van der Waals surface area contributed by atoms with E-state index < -0.39 is 30.2 Å². The van der Waals surface area contributed by atoms with Crippen LogP contribution in [-0.2, 0) is 4.74 Å². The molecular formula is C7H14O5. The van der Waals surface area contributed by atoms with Gasteiger partial charge in [0.25, 0.3) is 0 Å². The van der Waals surface area contributed by atoms with E-state index in [1.165, 1.54) is 13.8 Å². The molecule has 4 atom stereocenters. The van der Waals surface area contributed by atoms with Crippen LogP contribution in [0.25, 0.3) is 0 Å². The zero-order valence-electron chi connectivity index (χ0n) is 7.01. The Morgan fingerprint density at radius 1 is 1.08 bits per heavy atom. The monoisotopic (exact) mass is 178 g/mol. The molecule has 1 heterocycles. The Balaban J connectivity index is 2.71. The third-order valence-corrected chi connectivity index (χ3v) is 1.93. The smallest absolute Gasteiger partial charge is 0.184 e. The zero-order chi connectivity index (χ0) is 9.52. The lowest BCUT2D eigenvalue weighted by Crippen LogP contribution is -2.45. The van der Waals surface area contributed by atoms with Crippen LogP contribution in [0.4, 0.5) is 0 Å². The lowest BCUT2D eigenvalue weighted by Gasteiger charge is -2.26. The maximum Gasteiger partial charge on any atom is 0.184 e. The minimum absolute atomic E-state index is 0.956. The van der Waals surface area contributed by atoms with Crippen molar-refractivity contribution in [3.8, 4) is 0 Å². The number of hydrogen-bond donors (Lipinski definition) is 4. The number of ether oxygens (including phenoxy) is 1. The van der Waals surface area contributed by atoms with Gasteiger partial charge in [0.2, 0.25) is 0 Å². The minimum Gasteiger partial charge on any atom is -0.388 e. The summed E-state index contributed by atoms with van der Waals surface area (Å²) < 4.78 is 4.76. The lowest BCUT2D eigenvalue weighted by atomic mass is 9.96. The second kappa shape index (κ2) is 2.93. The summed E-state index contributed by atoms with van der Waals surface area (Å²) in [6, 6.07) is 0. The molecule has 0 saturated carbocycles. The molecule has 0 radical (unpaired) electrons. The highest BCUT2D eigenvalue weighted by Crippen LogP contribution is 2.27. The van der Waals surface area contributed by atoms with E-state index in [1.807, 2.05) is 0 Å². The largest absolute Gasteiger partial charge is 0.388 e. The van der Waals surface area contributed by atoms with Crippen LogP contribution in [0.15, 0.2) is 0 Å². The molecule has 0 aromatic rings. The molecule has 0 unspecified atom stereocenters. The van der Waals surface area contributed by atoms with Gasteiger partial charge in [-0.2, -0.15) is 0 Å². The third kappa shape index (κ3) is 1.60. The van der Waals surface area contributed by atoms with Gasteiger partial charge in [0.05, 0.1) is 5.60 Å². The van der Waals surface area contributed by atoms with E-state index in [0.717, 1.165) is 0 Å². The molecule has 72 valence electrons. The summed E-state index contributed by atoms with van der Waals surface area (Å²) in [6.07, 6.45) is -4.97. The molecule has 1 rings (SSSR count). The average molecular weight is 178 g/mol. The summed E-state index contributed by atoms with van der Waals surface area (Å²) in [4.78, 5) is 0. The van der Waals surface area contributed by atoms with Crippen molar-refractivity contribution in [1.82, 2.24) is 0 Å². The Hall–Kier alpha value is -0.200. The SMILES string of the molecule is CC(C)(O)[C@@H]1O[C@@H](O)[C@H](O)[C@H]1O. The molecule has 0 bridgehead atoms. The van der Waals surface area contributed by atoms with Gasteiger partial charge in [-0.3, -0.25) is 0 Å². The van der Waals surface area contributed by atoms with Crippen LogP contribution in [0.3, 0.4) is 0 Å². The van der Waals surface area contributed by atoms with Crippen molar-refractivity contribution in [2.45, 2.75) is 44.1 Å². The van der Waals surface area contributed by atoms with Gasteiger partial charge in [-0.25, -0.2) is 0 Å². The van der Waals surface area contributed by atoms with E-state index in [1.54, 1.807) is 0 Å². The number of rotatable bonds is 1. The van der Waals surface area contributed by atoms with Crippen molar-refractivity contribution in [3.05, 3.63) is 0 Å². The van der Waals surface area contributed by atoms with E-state index in [2.05, 4.69) is 0 Å². The third-order valence-electron chi connectivity index (χ3n) is 1.93. The van der Waals surface area contributed by atoms with Crippen LogP contribution >= 0.6 is 0 Å². The van der Waals surface area contributed by atoms with Crippen molar-refractivity contribution in [1.29, 1.82) is 0 Å². The van der Waals surface area contributed by atoms with E-state index in [-0.39, 0.29) is 0 Å². The molecule has 1 aliphatic heterocycles. The normalized spacial score (nSPS) is 43.5. The summed E-state index contributed by atoms with van der Waals surface area (Å²) in [5.74, 6) is 0. The van der Waals surface area contributed by atoms with Crippen molar-refractivity contribution < 1.29 is 25.2 Å². The number of aliphatic hydroxyl groups excluding tert-OH is 3. The molecule has 0 aromatic heterocycles. The predicted octanol–water partition coefficient (Wildman–Crippen LogP) is -1.80. The Bertz CT molecular complexity index is 164. The van der Waals surface area contributed by atoms with Crippen LogP contribution in [-0.4, -0.2) is 50.6 Å². The molecule has 12 heavy (non-hydrogen) atoms. The minimum atomic E-state index is -1.42. The van der Waals surface area contributed by atoms with Gasteiger partial charge in [0.15, 0.2) is 6.29 Å². The first kappa shape index (κ1) is 9.88. The Morgan fingerprint density at radius 3 is 1.75 bits per heavy atom. The van der Waals surface area contributed by atoms with E-state index in [4.69, 9.17) is 14.9 Å². The highest BCUT2D eigenvalue weighted by Gasteiger charge is 2.48. The molecule has 4 N–H and O–H groups in total. The van der Waals surface area contributed by atoms with Gasteiger partial charge < -0.3 is 25.2 Å². The zero-order valence-corrected chi connectivity index (χ0v) is 7.01. The van der Waals surface area contributed by atoms with Crippen LogP contribution in [0.1, 0.15) is 13.8 Å². The highest BCUT2D eigenvalue weighted by molar-refractivity contribution is 4.94. The van der Waals surface area contributed by atoms with Gasteiger partial charge in [-0.15, -0.1) is 0 Å². The van der Waals surface area contributed by atoms with Gasteiger partial charge >= 0.3 is 0 Å². The standard InChI is InChI=1S/C7H14O5/c1-7(2,11)5-3(8)4(9)6(10)12-5/h3-6,8-11H,1-2H3/t3-,4-,5-,6-/m1/s1. The van der Waals surface area contributed by atoms with Gasteiger partial charge in [0, 0.05) is 0 Å². The molecule has 1 aliphatic rings. The number of aliphatic hydroxyl groups is 4. The van der Waals surface area contributed by atoms with Gasteiger partial charge in [0.1, 0.15) is 18.3 Å². The Morgan fingerprint density at radius 2 is 1.58 bits per heavy atom. The van der Waals surface area contributed by atoms with Crippen LogP contribution < -0.4 is 0 Å². The van der Waals surface area contributed by atoms with Crippen LogP contribution in [0.5, 0.6) is 0 Å². The van der Waals surface area contributed by atoms with Crippen molar-refractivity contribution in [2.75, 3.05) is 0 Å². The molecule has 0 amide bonds. The second-order valence-electron chi connectivity index (χ2n) is 3.58. The summed E-state index contributed by atoms with van der Waals surface area (Å²) in [6.45, 7) is 2.87. The summed E-state index contributed by atoms with van der Waals surface area (Å²) in [5.41, 5.74) is -1.28. The van der Waals surface area contributed by atoms with Gasteiger partial charge in [-0.1, -0.05) is 0 Å². The topological polar surface area (TPSA) is 90.2 Å². The summed E-state index contributed by atoms with van der Waals surface area (Å²) in [5, 5.41) is 36.7. The fourth-order valence-corrected chi connectivity index (χ4v) is 1.24. The molecule has 1 saturated heterocycles. The van der Waals surface area contributed by atoms with Crippen molar-refractivity contribution in [2.24, 2.45) is 0 Å². The van der Waals surface area contributed by atoms with Crippen LogP contribution in [0.2, 0.25) is 0 Å². The maximum absolute atomic E-state index is 9.42. The lowest BCUT2D eigenvalue weighted by molar-refractivity contribution is -0.165. The molecule has 1 fully saturated rings.